The van der Waals surface area contributed by atoms with E-state index in [0.29, 0.717) is 0 Å². The number of hydrogen-bond acceptors (Lipinski definition) is 0. The molecule has 0 saturated heterocycles. The largest absolute Gasteiger partial charge is 0.0578 e. The van der Waals surface area contributed by atoms with Crippen LogP contribution in [0.15, 0.2) is 46.6 Å². The van der Waals surface area contributed by atoms with Crippen molar-refractivity contribution in [1.82, 2.24) is 0 Å². The van der Waals surface area contributed by atoms with E-state index in [1.807, 2.05) is 0 Å². The quantitative estimate of drug-likeness (QED) is 0.488. The molecule has 0 N–H and O–H groups in total. The zero-order chi connectivity index (χ0) is 7.26. The van der Waals surface area contributed by atoms with Crippen molar-refractivity contribution >= 4 is 0 Å². The summed E-state index contributed by atoms with van der Waals surface area (Å²) in [6, 6.07) is 0. The fraction of sp³-hybridized carbons (Fsp3) is 0.273. The highest BCUT2D eigenvalue weighted by molar-refractivity contribution is 5.68. The fourth-order valence-electron chi connectivity index (χ4n) is 2.23. The molecule has 54 valence electrons. The van der Waals surface area contributed by atoms with Crippen LogP contribution in [0.5, 0.6) is 0 Å². The molecule has 11 heavy (non-hydrogen) atoms. The highest BCUT2D eigenvalue weighted by Crippen LogP contribution is 2.42. The third kappa shape index (κ3) is 0.597. The van der Waals surface area contributed by atoms with Gasteiger partial charge in [0.25, 0.3) is 0 Å². The molecule has 0 atom stereocenters. The van der Waals surface area contributed by atoms with Gasteiger partial charge in [-0.15, -0.1) is 0 Å². The molecule has 0 aromatic heterocycles. The predicted molar refractivity (Wildman–Crippen MR) is 46.2 cm³/mol. The van der Waals surface area contributed by atoms with Gasteiger partial charge in [0.2, 0.25) is 0 Å². The highest BCUT2D eigenvalue weighted by atomic mass is 14.3. The molecule has 0 spiro atoms. The summed E-state index contributed by atoms with van der Waals surface area (Å²) in [6.45, 7) is 0. The first-order valence-electron chi connectivity index (χ1n) is 4.28. The minimum Gasteiger partial charge on any atom is -0.0578 e. The summed E-state index contributed by atoms with van der Waals surface area (Å²) in [4.78, 5) is 0. The Morgan fingerprint density at radius 2 is 2.00 bits per heavy atom. The molecular formula is C11H10. The van der Waals surface area contributed by atoms with E-state index < -0.39 is 0 Å². The molecule has 0 bridgehead atoms. The van der Waals surface area contributed by atoms with Crippen LogP contribution in [0.1, 0.15) is 19.3 Å². The maximum absolute atomic E-state index is 2.29. The minimum absolute atomic E-state index is 1.29. The lowest BCUT2D eigenvalue weighted by Crippen LogP contribution is -1.96. The summed E-state index contributed by atoms with van der Waals surface area (Å²) < 4.78 is 0. The Kier molecular flexibility index (Phi) is 0.894. The van der Waals surface area contributed by atoms with E-state index in [0.717, 1.165) is 0 Å². The van der Waals surface area contributed by atoms with Crippen LogP contribution >= 0.6 is 0 Å². The summed E-state index contributed by atoms with van der Waals surface area (Å²) in [5, 5.41) is 0. The van der Waals surface area contributed by atoms with Crippen molar-refractivity contribution in [3.8, 4) is 0 Å². The fourth-order valence-corrected chi connectivity index (χ4v) is 2.23. The van der Waals surface area contributed by atoms with Crippen LogP contribution in [0, 0.1) is 0 Å². The topological polar surface area (TPSA) is 0 Å². The summed E-state index contributed by atoms with van der Waals surface area (Å²) in [6.07, 6.45) is 13.0. The van der Waals surface area contributed by atoms with Gasteiger partial charge in [-0.25, -0.2) is 0 Å². The molecular weight excluding hydrogens is 132 g/mol. The molecule has 0 unspecified atom stereocenters. The van der Waals surface area contributed by atoms with E-state index in [1.54, 1.807) is 16.7 Å². The second-order valence-electron chi connectivity index (χ2n) is 3.40. The van der Waals surface area contributed by atoms with Crippen LogP contribution in [-0.2, 0) is 0 Å². The SMILES string of the molecule is C1=CC2=C3C1=CC=C3CCC2. The zero-order valence-electron chi connectivity index (χ0n) is 6.43. The Morgan fingerprint density at radius 3 is 3.00 bits per heavy atom. The van der Waals surface area contributed by atoms with E-state index in [-0.39, 0.29) is 0 Å². The Morgan fingerprint density at radius 1 is 1.00 bits per heavy atom. The van der Waals surface area contributed by atoms with Crippen molar-refractivity contribution in [2.24, 2.45) is 0 Å². The van der Waals surface area contributed by atoms with Crippen molar-refractivity contribution in [1.29, 1.82) is 0 Å². The van der Waals surface area contributed by atoms with Gasteiger partial charge >= 0.3 is 0 Å². The Bertz CT molecular complexity index is 335. The number of allylic oxidation sites excluding steroid dienone is 8. The molecule has 0 amide bonds. The Hall–Kier alpha value is -1.04. The first-order valence-corrected chi connectivity index (χ1v) is 4.28. The average Bonchev–Trinajstić information content (AvgIpc) is 2.60. The molecule has 0 nitrogen and oxygen atoms in total. The van der Waals surface area contributed by atoms with Gasteiger partial charge in [-0.05, 0) is 41.6 Å². The van der Waals surface area contributed by atoms with Gasteiger partial charge in [0.15, 0.2) is 0 Å². The molecule has 0 aromatic rings. The molecule has 0 radical (unpaired) electrons. The normalized spacial score (nSPS) is 25.5. The lowest BCUT2D eigenvalue weighted by Gasteiger charge is -2.14. The molecule has 3 rings (SSSR count). The monoisotopic (exact) mass is 142 g/mol. The van der Waals surface area contributed by atoms with E-state index >= 15 is 0 Å². The van der Waals surface area contributed by atoms with Crippen LogP contribution in [0.4, 0.5) is 0 Å². The zero-order valence-corrected chi connectivity index (χ0v) is 6.43. The van der Waals surface area contributed by atoms with Gasteiger partial charge in [0.05, 0.1) is 0 Å². The van der Waals surface area contributed by atoms with Crippen molar-refractivity contribution in [3.63, 3.8) is 0 Å². The van der Waals surface area contributed by atoms with Crippen LogP contribution in [0.25, 0.3) is 0 Å². The first kappa shape index (κ1) is 5.59. The maximum Gasteiger partial charge on any atom is -0.0120 e. The van der Waals surface area contributed by atoms with Crippen molar-refractivity contribution in [2.75, 3.05) is 0 Å². The Labute approximate surface area is 66.6 Å². The van der Waals surface area contributed by atoms with Gasteiger partial charge in [-0.1, -0.05) is 24.3 Å². The van der Waals surface area contributed by atoms with Gasteiger partial charge in [-0.2, -0.15) is 0 Å². The first-order chi connectivity index (χ1) is 5.45. The van der Waals surface area contributed by atoms with Crippen LogP contribution in [0.3, 0.4) is 0 Å². The molecule has 0 heterocycles. The number of rotatable bonds is 0. The van der Waals surface area contributed by atoms with Crippen LogP contribution in [0.2, 0.25) is 0 Å². The lowest BCUT2D eigenvalue weighted by molar-refractivity contribution is 0.790. The summed E-state index contributed by atoms with van der Waals surface area (Å²) in [5.41, 5.74) is 6.17. The molecule has 3 aliphatic rings. The minimum atomic E-state index is 1.29. The van der Waals surface area contributed by atoms with Crippen molar-refractivity contribution < 1.29 is 0 Å². The van der Waals surface area contributed by atoms with E-state index in [1.165, 1.54) is 24.8 Å². The average molecular weight is 142 g/mol. The van der Waals surface area contributed by atoms with Gasteiger partial charge in [-0.3, -0.25) is 0 Å². The standard InChI is InChI=1S/C11H10/c1-2-8-4-6-10-7-5-9(3-1)11(8)10/h4-7H,1-3H2. The summed E-state index contributed by atoms with van der Waals surface area (Å²) >= 11 is 0. The molecule has 0 aliphatic heterocycles. The summed E-state index contributed by atoms with van der Waals surface area (Å²) in [7, 11) is 0. The second kappa shape index (κ2) is 1.76. The van der Waals surface area contributed by atoms with E-state index in [4.69, 9.17) is 0 Å². The summed E-state index contributed by atoms with van der Waals surface area (Å²) in [5.74, 6) is 0. The highest BCUT2D eigenvalue weighted by Gasteiger charge is 2.23. The van der Waals surface area contributed by atoms with Gasteiger partial charge in [0, 0.05) is 0 Å². The lowest BCUT2D eigenvalue weighted by atomic mass is 9.90. The maximum atomic E-state index is 2.29. The molecule has 0 heteroatoms. The predicted octanol–water partition coefficient (Wildman–Crippen LogP) is 2.90. The van der Waals surface area contributed by atoms with Crippen molar-refractivity contribution in [2.45, 2.75) is 19.3 Å². The number of hydrogen-bond donors (Lipinski definition) is 0. The van der Waals surface area contributed by atoms with Gasteiger partial charge < -0.3 is 0 Å². The van der Waals surface area contributed by atoms with E-state index in [9.17, 15) is 0 Å². The smallest absolute Gasteiger partial charge is 0.0120 e. The van der Waals surface area contributed by atoms with Gasteiger partial charge in [0.1, 0.15) is 0 Å². The second-order valence-corrected chi connectivity index (χ2v) is 3.40. The molecule has 3 aliphatic carbocycles. The molecule has 0 aromatic carbocycles. The van der Waals surface area contributed by atoms with E-state index in [2.05, 4.69) is 24.3 Å². The van der Waals surface area contributed by atoms with Crippen LogP contribution in [-0.4, -0.2) is 0 Å². The Balaban J connectivity index is 2.26. The van der Waals surface area contributed by atoms with Crippen molar-refractivity contribution in [3.05, 3.63) is 46.6 Å². The third-order valence-corrected chi connectivity index (χ3v) is 2.75. The molecule has 0 fully saturated rings. The molecule has 0 saturated carbocycles. The third-order valence-electron chi connectivity index (χ3n) is 2.75. The van der Waals surface area contributed by atoms with Crippen LogP contribution < -0.4 is 0 Å².